The van der Waals surface area contributed by atoms with E-state index in [1.807, 2.05) is 11.7 Å². The third-order valence-corrected chi connectivity index (χ3v) is 4.17. The average molecular weight is 256 g/mol. The van der Waals surface area contributed by atoms with Crippen molar-refractivity contribution >= 4 is 0 Å². The average Bonchev–Trinajstić information content (AvgIpc) is 2.71. The Hall–Kier alpha value is -1.65. The van der Waals surface area contributed by atoms with Gasteiger partial charge in [0.25, 0.3) is 0 Å². The molecule has 1 aliphatic rings. The van der Waals surface area contributed by atoms with Crippen molar-refractivity contribution in [2.75, 3.05) is 0 Å². The molecule has 4 heteroatoms. The van der Waals surface area contributed by atoms with Crippen LogP contribution < -0.4 is 11.3 Å². The minimum atomic E-state index is 0.123. The van der Waals surface area contributed by atoms with Gasteiger partial charge in [0.2, 0.25) is 0 Å². The van der Waals surface area contributed by atoms with Gasteiger partial charge in [0, 0.05) is 12.7 Å². The van der Waals surface area contributed by atoms with E-state index in [1.54, 1.807) is 0 Å². The summed E-state index contributed by atoms with van der Waals surface area (Å²) < 4.78 is 1.90. The zero-order valence-corrected chi connectivity index (χ0v) is 11.4. The quantitative estimate of drug-likeness (QED) is 0.649. The van der Waals surface area contributed by atoms with E-state index in [9.17, 15) is 0 Å². The van der Waals surface area contributed by atoms with Crippen LogP contribution in [0.5, 0.6) is 0 Å². The molecule has 0 bridgehead atoms. The highest BCUT2D eigenvalue weighted by molar-refractivity contribution is 5.40. The summed E-state index contributed by atoms with van der Waals surface area (Å²) in [5.74, 6) is 6.31. The molecule has 3 rings (SSSR count). The van der Waals surface area contributed by atoms with E-state index in [0.29, 0.717) is 5.92 Å². The van der Waals surface area contributed by atoms with E-state index in [0.717, 1.165) is 24.2 Å². The second-order valence-corrected chi connectivity index (χ2v) is 5.39. The van der Waals surface area contributed by atoms with Crippen LogP contribution in [0.3, 0.4) is 0 Å². The van der Waals surface area contributed by atoms with Crippen LogP contribution in [0.2, 0.25) is 0 Å². The maximum absolute atomic E-state index is 5.71. The van der Waals surface area contributed by atoms with Crippen LogP contribution in [-0.2, 0) is 13.5 Å². The van der Waals surface area contributed by atoms with Crippen LogP contribution in [-0.4, -0.2) is 9.78 Å². The van der Waals surface area contributed by atoms with E-state index in [4.69, 9.17) is 5.84 Å². The largest absolute Gasteiger partial charge is 0.273 e. The van der Waals surface area contributed by atoms with Gasteiger partial charge in [0.05, 0.1) is 11.7 Å². The van der Waals surface area contributed by atoms with Crippen LogP contribution in [0.25, 0.3) is 0 Å². The summed E-state index contributed by atoms with van der Waals surface area (Å²) in [6.07, 6.45) is 2.16. The molecule has 3 N–H and O–H groups in total. The molecule has 2 aromatic rings. The Balaban J connectivity index is 1.75. The number of nitrogens with two attached hydrogens (primary N) is 1. The number of nitrogens with one attached hydrogen (secondary N) is 1. The Morgan fingerprint density at radius 3 is 2.89 bits per heavy atom. The number of rotatable bonds is 4. The van der Waals surface area contributed by atoms with Gasteiger partial charge in [-0.1, -0.05) is 24.3 Å². The van der Waals surface area contributed by atoms with Crippen molar-refractivity contribution in [2.24, 2.45) is 12.9 Å². The molecule has 4 nitrogen and oxygen atoms in total. The summed E-state index contributed by atoms with van der Waals surface area (Å²) in [5, 5.41) is 4.52. The molecule has 19 heavy (non-hydrogen) atoms. The molecule has 0 saturated heterocycles. The molecule has 100 valence electrons. The van der Waals surface area contributed by atoms with Gasteiger partial charge in [-0.05, 0) is 42.9 Å². The highest BCUT2D eigenvalue weighted by Gasteiger charge is 2.29. The van der Waals surface area contributed by atoms with Gasteiger partial charge in [0.15, 0.2) is 0 Å². The normalized spacial score (nSPS) is 18.8. The Kier molecular flexibility index (Phi) is 3.12. The standard InChI is InChI=1S/C15H20N4/c1-10-7-15(18-19(10)2)14(17-16)9-12-8-11-5-3-4-6-13(11)12/h3-7,12,14,17H,8-9,16H2,1-2H3. The molecule has 0 fully saturated rings. The maximum atomic E-state index is 5.71. The van der Waals surface area contributed by atoms with Gasteiger partial charge >= 0.3 is 0 Å². The van der Waals surface area contributed by atoms with E-state index >= 15 is 0 Å². The van der Waals surface area contributed by atoms with E-state index in [-0.39, 0.29) is 6.04 Å². The van der Waals surface area contributed by atoms with E-state index in [1.165, 1.54) is 11.1 Å². The van der Waals surface area contributed by atoms with Gasteiger partial charge < -0.3 is 0 Å². The first kappa shape index (κ1) is 12.4. The van der Waals surface area contributed by atoms with Crippen molar-refractivity contribution < 1.29 is 0 Å². The second-order valence-electron chi connectivity index (χ2n) is 5.39. The Labute approximate surface area is 113 Å². The molecule has 2 unspecified atom stereocenters. The topological polar surface area (TPSA) is 55.9 Å². The first-order chi connectivity index (χ1) is 9.19. The number of hydrogen-bond acceptors (Lipinski definition) is 3. The van der Waals surface area contributed by atoms with Crippen LogP contribution in [0.1, 0.15) is 40.9 Å². The third-order valence-electron chi connectivity index (χ3n) is 4.17. The summed E-state index contributed by atoms with van der Waals surface area (Å²) >= 11 is 0. The molecule has 0 spiro atoms. The molecule has 0 amide bonds. The number of aromatic nitrogens is 2. The minimum Gasteiger partial charge on any atom is -0.273 e. The first-order valence-electron chi connectivity index (χ1n) is 6.73. The molecule has 1 heterocycles. The van der Waals surface area contributed by atoms with Gasteiger partial charge in [0.1, 0.15) is 0 Å². The molecule has 1 aromatic heterocycles. The third kappa shape index (κ3) is 2.17. The lowest BCUT2D eigenvalue weighted by Gasteiger charge is -2.32. The second kappa shape index (κ2) is 4.79. The molecule has 0 aliphatic heterocycles. The number of hydrogen-bond donors (Lipinski definition) is 2. The number of nitrogens with zero attached hydrogens (tertiary/aromatic N) is 2. The monoisotopic (exact) mass is 256 g/mol. The Morgan fingerprint density at radius 1 is 1.47 bits per heavy atom. The van der Waals surface area contributed by atoms with Crippen LogP contribution >= 0.6 is 0 Å². The van der Waals surface area contributed by atoms with Gasteiger partial charge in [-0.3, -0.25) is 16.0 Å². The molecule has 2 atom stereocenters. The van der Waals surface area contributed by atoms with Crippen molar-refractivity contribution in [3.63, 3.8) is 0 Å². The zero-order chi connectivity index (χ0) is 13.4. The van der Waals surface area contributed by atoms with Gasteiger partial charge in [-0.2, -0.15) is 5.10 Å². The minimum absolute atomic E-state index is 0.123. The molecule has 1 aromatic carbocycles. The lowest BCUT2D eigenvalue weighted by Crippen LogP contribution is -2.32. The van der Waals surface area contributed by atoms with Crippen LogP contribution in [0.4, 0.5) is 0 Å². The fourth-order valence-electron chi connectivity index (χ4n) is 2.89. The fraction of sp³-hybridized carbons (Fsp3) is 0.400. The number of hydrazine groups is 1. The summed E-state index contributed by atoms with van der Waals surface area (Å²) in [7, 11) is 1.96. The lowest BCUT2D eigenvalue weighted by atomic mass is 9.74. The SMILES string of the molecule is Cc1cc(C(CC2Cc3ccccc32)NN)nn1C. The van der Waals surface area contributed by atoms with Gasteiger partial charge in [-0.25, -0.2) is 0 Å². The van der Waals surface area contributed by atoms with Crippen molar-refractivity contribution in [3.8, 4) is 0 Å². The predicted octanol–water partition coefficient (Wildman–Crippen LogP) is 1.96. The van der Waals surface area contributed by atoms with E-state index in [2.05, 4.69) is 47.8 Å². The number of benzene rings is 1. The summed E-state index contributed by atoms with van der Waals surface area (Å²) in [4.78, 5) is 0. The zero-order valence-electron chi connectivity index (χ0n) is 11.4. The molecule has 0 saturated carbocycles. The molecule has 0 radical (unpaired) electrons. The molecular weight excluding hydrogens is 236 g/mol. The number of aryl methyl sites for hydroxylation is 2. The van der Waals surface area contributed by atoms with Crippen LogP contribution in [0.15, 0.2) is 30.3 Å². The van der Waals surface area contributed by atoms with Crippen molar-refractivity contribution in [1.82, 2.24) is 15.2 Å². The highest BCUT2D eigenvalue weighted by atomic mass is 15.3. The molecular formula is C15H20N4. The van der Waals surface area contributed by atoms with Gasteiger partial charge in [-0.15, -0.1) is 0 Å². The lowest BCUT2D eigenvalue weighted by molar-refractivity contribution is 0.425. The van der Waals surface area contributed by atoms with Crippen molar-refractivity contribution in [1.29, 1.82) is 0 Å². The predicted molar refractivity (Wildman–Crippen MR) is 75.5 cm³/mol. The fourth-order valence-corrected chi connectivity index (χ4v) is 2.89. The highest BCUT2D eigenvalue weighted by Crippen LogP contribution is 2.40. The first-order valence-corrected chi connectivity index (χ1v) is 6.73. The van der Waals surface area contributed by atoms with Crippen LogP contribution in [0, 0.1) is 6.92 Å². The smallest absolute Gasteiger partial charge is 0.0810 e. The Bertz CT molecular complexity index is 568. The number of fused-ring (bicyclic) bond motifs is 1. The Morgan fingerprint density at radius 2 is 2.26 bits per heavy atom. The van der Waals surface area contributed by atoms with Crippen molar-refractivity contribution in [2.45, 2.75) is 31.7 Å². The van der Waals surface area contributed by atoms with E-state index < -0.39 is 0 Å². The summed E-state index contributed by atoms with van der Waals surface area (Å²) in [6, 6.07) is 10.9. The maximum Gasteiger partial charge on any atom is 0.0810 e. The summed E-state index contributed by atoms with van der Waals surface area (Å²) in [5.41, 5.74) is 8.04. The summed E-state index contributed by atoms with van der Waals surface area (Å²) in [6.45, 7) is 2.06. The van der Waals surface area contributed by atoms with Crippen molar-refractivity contribution in [3.05, 3.63) is 52.8 Å². The molecule has 1 aliphatic carbocycles.